The molecule has 36 heavy (non-hydrogen) atoms. The van der Waals surface area contributed by atoms with Crippen LogP contribution in [0.2, 0.25) is 0 Å². The van der Waals surface area contributed by atoms with Crippen LogP contribution in [0.25, 0.3) is 16.9 Å². The first-order valence-electron chi connectivity index (χ1n) is 12.1. The Morgan fingerprint density at radius 2 is 1.97 bits per heavy atom. The number of halogens is 2. The molecule has 4 rings (SSSR count). The summed E-state index contributed by atoms with van der Waals surface area (Å²) in [6, 6.07) is 16.6. The molecule has 2 N–H and O–H groups in total. The van der Waals surface area contributed by atoms with E-state index in [-0.39, 0.29) is 56.1 Å². The van der Waals surface area contributed by atoms with Crippen LogP contribution < -0.4 is 4.74 Å². The van der Waals surface area contributed by atoms with Crippen LogP contribution in [-0.4, -0.2) is 61.3 Å². The number of aryl methyl sites for hydroxylation is 1. The first kappa shape index (κ1) is 27.6. The number of nitrogens with zero attached hydrogens (tertiary/aromatic N) is 3. The van der Waals surface area contributed by atoms with E-state index in [2.05, 4.69) is 51.2 Å². The monoisotopic (exact) mass is 715 g/mol. The fraction of sp³-hybridized carbons (Fsp3) is 0.393. The highest BCUT2D eigenvalue weighted by molar-refractivity contribution is 14.3. The maximum Gasteiger partial charge on any atom is 0.188 e. The third-order valence-corrected chi connectivity index (χ3v) is 13.2. The van der Waals surface area contributed by atoms with Crippen molar-refractivity contribution >= 4 is 50.5 Å². The molecule has 0 saturated carbocycles. The summed E-state index contributed by atoms with van der Waals surface area (Å²) in [5.41, 5.74) is 4.23. The average Bonchev–Trinajstić information content (AvgIpc) is 3.38. The summed E-state index contributed by atoms with van der Waals surface area (Å²) in [5.74, 6) is 0.931. The molecule has 0 radical (unpaired) electrons. The number of ether oxygens (including phenoxy) is 1. The third kappa shape index (κ3) is 6.50. The summed E-state index contributed by atoms with van der Waals surface area (Å²) >= 11 is -0.638. The maximum absolute atomic E-state index is 10.6. The standard InChI is InChI=1S/C28H35I2N3O3/c1-20-8-5-6-10-25(20)33-15-13-24(31-33)21-11-12-22(26(16-21)36-27(29-3)30-4)17-32-14-7-9-23(18-32)28(2,35)19-34/h5-6,8,10-13,15-16,23,27,34-35H,3-4,7,9,14,17-19H2,1-2H3/t23-,28+/m0/s1. The molecule has 0 bridgehead atoms. The number of aromatic nitrogens is 2. The van der Waals surface area contributed by atoms with Gasteiger partial charge in [-0.2, -0.15) is 5.10 Å². The van der Waals surface area contributed by atoms with Crippen molar-refractivity contribution < 1.29 is 14.9 Å². The SMILES string of the molecule is C=IC(Oc1cc(-c2ccn(-c3ccccc3C)n2)ccc1CN1CCC[C@H]([C@](C)(O)CO)C1)I=C. The normalized spacial score (nSPS) is 18.3. The Kier molecular flexibility index (Phi) is 9.48. The third-order valence-electron chi connectivity index (χ3n) is 6.87. The lowest BCUT2D eigenvalue weighted by molar-refractivity contribution is -0.0697. The predicted octanol–water partition coefficient (Wildman–Crippen LogP) is 5.27. The number of aliphatic hydroxyl groups is 2. The number of piperidine rings is 1. The van der Waals surface area contributed by atoms with E-state index in [4.69, 9.17) is 9.84 Å². The van der Waals surface area contributed by atoms with E-state index in [0.717, 1.165) is 60.7 Å². The van der Waals surface area contributed by atoms with Gasteiger partial charge < -0.3 is 14.9 Å². The van der Waals surface area contributed by atoms with Crippen LogP contribution in [0, 0.1) is 12.8 Å². The molecule has 194 valence electrons. The van der Waals surface area contributed by atoms with E-state index in [0.29, 0.717) is 0 Å². The van der Waals surface area contributed by atoms with E-state index >= 15 is 0 Å². The van der Waals surface area contributed by atoms with Gasteiger partial charge in [0.05, 0.1) is 23.6 Å². The molecule has 8 heteroatoms. The number of rotatable bonds is 10. The summed E-state index contributed by atoms with van der Waals surface area (Å²) in [6.45, 7) is 6.07. The Balaban J connectivity index is 1.61. The smallest absolute Gasteiger partial charge is 0.188 e. The summed E-state index contributed by atoms with van der Waals surface area (Å²) in [4.78, 5) is 2.36. The second-order valence-corrected chi connectivity index (χ2v) is 15.9. The number of hydrogen-bond donors (Lipinski definition) is 2. The van der Waals surface area contributed by atoms with E-state index < -0.39 is 5.60 Å². The van der Waals surface area contributed by atoms with Crippen molar-refractivity contribution in [2.75, 3.05) is 19.7 Å². The Hall–Kier alpha value is -1.47. The maximum atomic E-state index is 10.6. The van der Waals surface area contributed by atoms with Crippen LogP contribution in [0.3, 0.4) is 0 Å². The van der Waals surface area contributed by atoms with E-state index in [1.807, 2.05) is 29.1 Å². The fourth-order valence-corrected chi connectivity index (χ4v) is 7.39. The molecule has 2 atom stereocenters. The molecule has 1 saturated heterocycles. The van der Waals surface area contributed by atoms with Gasteiger partial charge in [0.2, 0.25) is 0 Å². The molecule has 2 heterocycles. The Bertz CT molecular complexity index is 1200. The Morgan fingerprint density at radius 1 is 1.19 bits per heavy atom. The molecule has 1 fully saturated rings. The van der Waals surface area contributed by atoms with Crippen molar-refractivity contribution in [2.45, 2.75) is 41.0 Å². The molecule has 3 aromatic rings. The second kappa shape index (κ2) is 12.4. The highest BCUT2D eigenvalue weighted by atomic mass is 127. The predicted molar refractivity (Wildman–Crippen MR) is 166 cm³/mol. The highest BCUT2D eigenvalue weighted by Crippen LogP contribution is 2.34. The van der Waals surface area contributed by atoms with Crippen molar-refractivity contribution in [3.8, 4) is 22.7 Å². The van der Waals surface area contributed by atoms with E-state index in [9.17, 15) is 10.2 Å². The minimum atomic E-state index is -1.06. The lowest BCUT2D eigenvalue weighted by Crippen LogP contribution is -2.47. The zero-order valence-electron chi connectivity index (χ0n) is 20.9. The molecular formula is C28H35I2N3O3. The summed E-state index contributed by atoms with van der Waals surface area (Å²) in [6.07, 6.45) is 3.93. The van der Waals surface area contributed by atoms with Gasteiger partial charge in [0.1, 0.15) is 5.75 Å². The first-order valence-corrected chi connectivity index (χ1v) is 17.6. The number of para-hydroxylation sites is 1. The van der Waals surface area contributed by atoms with Crippen LogP contribution in [0.1, 0.15) is 30.9 Å². The molecule has 0 amide bonds. The zero-order valence-corrected chi connectivity index (χ0v) is 25.2. The molecule has 1 aliphatic rings. The topological polar surface area (TPSA) is 70.8 Å². The molecule has 0 aliphatic carbocycles. The summed E-state index contributed by atoms with van der Waals surface area (Å²) < 4.78 is 16.9. The Morgan fingerprint density at radius 3 is 2.69 bits per heavy atom. The minimum absolute atomic E-state index is 0.0504. The number of alkyl halides is 2. The van der Waals surface area contributed by atoms with Gasteiger partial charge in [-0.15, -0.1) is 0 Å². The van der Waals surface area contributed by atoms with Gasteiger partial charge >= 0.3 is 0 Å². The van der Waals surface area contributed by atoms with E-state index in [1.54, 1.807) is 6.92 Å². The summed E-state index contributed by atoms with van der Waals surface area (Å²) in [5, 5.41) is 25.1. The zero-order chi connectivity index (χ0) is 25.7. The lowest BCUT2D eigenvalue weighted by atomic mass is 9.83. The molecule has 1 aliphatic heterocycles. The van der Waals surface area contributed by atoms with Crippen LogP contribution in [-0.2, 0) is 6.54 Å². The van der Waals surface area contributed by atoms with Gasteiger partial charge in [-0.1, -0.05) is 80.8 Å². The fourth-order valence-electron chi connectivity index (χ4n) is 4.66. The number of likely N-dealkylation sites (tertiary alicyclic amines) is 1. The van der Waals surface area contributed by atoms with Gasteiger partial charge in [-0.05, 0) is 57.0 Å². The summed E-state index contributed by atoms with van der Waals surface area (Å²) in [7, 11) is 0. The molecular weight excluding hydrogens is 680 g/mol. The molecule has 2 aromatic carbocycles. The first-order chi connectivity index (χ1) is 17.3. The number of aliphatic hydroxyl groups excluding tert-OH is 1. The van der Waals surface area contributed by atoms with Crippen LogP contribution in [0.5, 0.6) is 5.75 Å². The Labute approximate surface area is 233 Å². The quantitative estimate of drug-likeness (QED) is 0.221. The second-order valence-electron chi connectivity index (χ2n) is 9.53. The van der Waals surface area contributed by atoms with Crippen LogP contribution in [0.4, 0.5) is 0 Å². The molecule has 1 aromatic heterocycles. The number of hydrogen-bond acceptors (Lipinski definition) is 5. The van der Waals surface area contributed by atoms with Crippen LogP contribution in [0.15, 0.2) is 54.7 Å². The molecule has 0 unspecified atom stereocenters. The largest absolute Gasteiger partial charge is 0.471 e. The average molecular weight is 715 g/mol. The lowest BCUT2D eigenvalue weighted by Gasteiger charge is -2.39. The van der Waals surface area contributed by atoms with Gasteiger partial charge in [0.15, 0.2) is 2.12 Å². The van der Waals surface area contributed by atoms with Gasteiger partial charge in [-0.25, -0.2) is 4.68 Å². The molecule has 6 nitrogen and oxygen atoms in total. The highest BCUT2D eigenvalue weighted by Gasteiger charge is 2.34. The molecule has 0 spiro atoms. The van der Waals surface area contributed by atoms with E-state index in [1.165, 1.54) is 5.56 Å². The van der Waals surface area contributed by atoms with Crippen molar-refractivity contribution in [1.29, 1.82) is 0 Å². The van der Waals surface area contributed by atoms with Crippen LogP contribution >= 0.6 is 41.5 Å². The van der Waals surface area contributed by atoms with Crippen molar-refractivity contribution in [3.63, 3.8) is 0 Å². The van der Waals surface area contributed by atoms with Gasteiger partial charge in [0, 0.05) is 36.3 Å². The number of benzene rings is 2. The van der Waals surface area contributed by atoms with Crippen molar-refractivity contribution in [3.05, 3.63) is 65.9 Å². The van der Waals surface area contributed by atoms with Crippen molar-refractivity contribution in [2.24, 2.45) is 5.92 Å². The van der Waals surface area contributed by atoms with Gasteiger partial charge in [0.25, 0.3) is 0 Å². The minimum Gasteiger partial charge on any atom is -0.471 e. The van der Waals surface area contributed by atoms with Gasteiger partial charge in [-0.3, -0.25) is 4.90 Å². The van der Waals surface area contributed by atoms with Crippen molar-refractivity contribution in [1.82, 2.24) is 14.7 Å².